The van der Waals surface area contributed by atoms with Crippen LogP contribution in [-0.4, -0.2) is 43.0 Å². The summed E-state index contributed by atoms with van der Waals surface area (Å²) in [7, 11) is 1.59. The van der Waals surface area contributed by atoms with Crippen molar-refractivity contribution in [3.63, 3.8) is 0 Å². The van der Waals surface area contributed by atoms with E-state index in [-0.39, 0.29) is 31.0 Å². The zero-order valence-electron chi connectivity index (χ0n) is 14.9. The van der Waals surface area contributed by atoms with Crippen LogP contribution in [0, 0.1) is 0 Å². The van der Waals surface area contributed by atoms with Crippen molar-refractivity contribution in [2.45, 2.75) is 19.9 Å². The second-order valence-electron chi connectivity index (χ2n) is 6.12. The molecule has 2 amide bonds. The number of rotatable bonds is 7. The Labute approximate surface area is 148 Å². The molecule has 25 heavy (non-hydrogen) atoms. The van der Waals surface area contributed by atoms with Crippen molar-refractivity contribution < 1.29 is 14.3 Å². The van der Waals surface area contributed by atoms with Crippen LogP contribution in [0.1, 0.15) is 13.8 Å². The van der Waals surface area contributed by atoms with Gasteiger partial charge in [0.25, 0.3) is 5.91 Å². The average Bonchev–Trinajstić information content (AvgIpc) is 2.59. The second kappa shape index (κ2) is 8.87. The average molecular weight is 340 g/mol. The lowest BCUT2D eigenvalue weighted by Crippen LogP contribution is -2.42. The number of hydrogen-bond acceptors (Lipinski definition) is 3. The second-order valence-corrected chi connectivity index (χ2v) is 6.12. The summed E-state index contributed by atoms with van der Waals surface area (Å²) >= 11 is 0. The van der Waals surface area contributed by atoms with Crippen molar-refractivity contribution in [1.29, 1.82) is 0 Å². The van der Waals surface area contributed by atoms with Gasteiger partial charge >= 0.3 is 0 Å². The molecule has 0 heterocycles. The maximum Gasteiger partial charge on any atom is 0.260 e. The van der Waals surface area contributed by atoms with E-state index in [1.54, 1.807) is 7.05 Å². The van der Waals surface area contributed by atoms with Gasteiger partial charge < -0.3 is 15.0 Å². The van der Waals surface area contributed by atoms with Crippen LogP contribution >= 0.6 is 0 Å². The maximum atomic E-state index is 12.2. The lowest BCUT2D eigenvalue weighted by molar-refractivity contribution is -0.136. The molecule has 0 saturated carbocycles. The summed E-state index contributed by atoms with van der Waals surface area (Å²) < 4.78 is 5.71. The van der Waals surface area contributed by atoms with Gasteiger partial charge in [-0.05, 0) is 25.5 Å². The highest BCUT2D eigenvalue weighted by Gasteiger charge is 2.15. The van der Waals surface area contributed by atoms with E-state index < -0.39 is 0 Å². The van der Waals surface area contributed by atoms with Gasteiger partial charge in [0.1, 0.15) is 5.75 Å². The third kappa shape index (κ3) is 5.64. The molecule has 0 bridgehead atoms. The molecule has 0 radical (unpaired) electrons. The van der Waals surface area contributed by atoms with Crippen LogP contribution in [0.2, 0.25) is 0 Å². The third-order valence-electron chi connectivity index (χ3n) is 3.58. The van der Waals surface area contributed by atoms with E-state index in [1.807, 2.05) is 68.4 Å². The Morgan fingerprint density at radius 1 is 1.04 bits per heavy atom. The molecule has 2 rings (SSSR count). The van der Waals surface area contributed by atoms with Crippen molar-refractivity contribution in [2.75, 3.05) is 20.2 Å². The topological polar surface area (TPSA) is 58.6 Å². The summed E-state index contributed by atoms with van der Waals surface area (Å²) in [6.07, 6.45) is 0. The monoisotopic (exact) mass is 340 g/mol. The molecular weight excluding hydrogens is 316 g/mol. The number of likely N-dealkylation sites (N-methyl/N-ethyl adjacent to an activating group) is 1. The third-order valence-corrected chi connectivity index (χ3v) is 3.58. The number of nitrogens with one attached hydrogen (secondary N) is 1. The largest absolute Gasteiger partial charge is 0.483 e. The summed E-state index contributed by atoms with van der Waals surface area (Å²) in [5, 5.41) is 2.76. The molecule has 0 fully saturated rings. The van der Waals surface area contributed by atoms with Gasteiger partial charge in [-0.15, -0.1) is 0 Å². The van der Waals surface area contributed by atoms with E-state index in [4.69, 9.17) is 4.74 Å². The first-order valence-corrected chi connectivity index (χ1v) is 8.28. The first-order chi connectivity index (χ1) is 12.0. The van der Waals surface area contributed by atoms with Crippen molar-refractivity contribution in [1.82, 2.24) is 10.2 Å². The highest BCUT2D eigenvalue weighted by molar-refractivity contribution is 5.85. The molecule has 0 spiro atoms. The highest BCUT2D eigenvalue weighted by atomic mass is 16.5. The van der Waals surface area contributed by atoms with E-state index >= 15 is 0 Å². The number of carbonyl (C=O) groups is 2. The first-order valence-electron chi connectivity index (χ1n) is 8.28. The van der Waals surface area contributed by atoms with Gasteiger partial charge in [0.05, 0.1) is 6.54 Å². The number of amides is 2. The number of ether oxygens (including phenoxy) is 1. The van der Waals surface area contributed by atoms with Crippen LogP contribution in [0.15, 0.2) is 54.6 Å². The van der Waals surface area contributed by atoms with Gasteiger partial charge in [-0.3, -0.25) is 9.59 Å². The van der Waals surface area contributed by atoms with Gasteiger partial charge in [-0.25, -0.2) is 0 Å². The van der Waals surface area contributed by atoms with Crippen molar-refractivity contribution in [2.24, 2.45) is 0 Å². The zero-order valence-corrected chi connectivity index (χ0v) is 14.9. The van der Waals surface area contributed by atoms with Gasteiger partial charge in [0.15, 0.2) is 6.61 Å². The van der Waals surface area contributed by atoms with E-state index in [1.165, 1.54) is 4.90 Å². The quantitative estimate of drug-likeness (QED) is 0.843. The minimum Gasteiger partial charge on any atom is -0.483 e. The molecule has 0 unspecified atom stereocenters. The SMILES string of the molecule is CC(C)NC(=O)CN(C)C(=O)COc1ccccc1-c1ccccc1. The number of nitrogens with zero attached hydrogens (tertiary/aromatic N) is 1. The van der Waals surface area contributed by atoms with E-state index in [0.717, 1.165) is 11.1 Å². The first kappa shape index (κ1) is 18.5. The molecule has 0 aromatic heterocycles. The number of hydrogen-bond donors (Lipinski definition) is 1. The van der Waals surface area contributed by atoms with Crippen LogP contribution in [0.3, 0.4) is 0 Å². The fourth-order valence-corrected chi connectivity index (χ4v) is 2.37. The summed E-state index contributed by atoms with van der Waals surface area (Å²) in [6, 6.07) is 17.5. The number of benzene rings is 2. The molecule has 5 nitrogen and oxygen atoms in total. The molecule has 0 aliphatic carbocycles. The molecule has 0 atom stereocenters. The molecule has 1 N–H and O–H groups in total. The highest BCUT2D eigenvalue weighted by Crippen LogP contribution is 2.29. The Balaban J connectivity index is 1.97. The van der Waals surface area contributed by atoms with Gasteiger partial charge in [0, 0.05) is 18.7 Å². The molecule has 132 valence electrons. The number of carbonyl (C=O) groups excluding carboxylic acids is 2. The lowest BCUT2D eigenvalue weighted by atomic mass is 10.1. The fourth-order valence-electron chi connectivity index (χ4n) is 2.37. The summed E-state index contributed by atoms with van der Waals surface area (Å²) in [5.74, 6) is 0.208. The predicted octanol–water partition coefficient (Wildman–Crippen LogP) is 2.72. The van der Waals surface area contributed by atoms with Crippen LogP contribution in [0.4, 0.5) is 0 Å². The predicted molar refractivity (Wildman–Crippen MR) is 98.3 cm³/mol. The Bertz CT molecular complexity index is 714. The number of para-hydroxylation sites is 1. The normalized spacial score (nSPS) is 10.4. The van der Waals surface area contributed by atoms with Crippen molar-refractivity contribution in [3.05, 3.63) is 54.6 Å². The molecule has 0 saturated heterocycles. The Morgan fingerprint density at radius 2 is 1.68 bits per heavy atom. The van der Waals surface area contributed by atoms with Crippen molar-refractivity contribution >= 4 is 11.8 Å². The van der Waals surface area contributed by atoms with Crippen LogP contribution in [0.25, 0.3) is 11.1 Å². The van der Waals surface area contributed by atoms with Gasteiger partial charge in [-0.1, -0.05) is 48.5 Å². The lowest BCUT2D eigenvalue weighted by Gasteiger charge is -2.19. The van der Waals surface area contributed by atoms with Crippen molar-refractivity contribution in [3.8, 4) is 16.9 Å². The Morgan fingerprint density at radius 3 is 2.36 bits per heavy atom. The van der Waals surface area contributed by atoms with E-state index in [0.29, 0.717) is 5.75 Å². The smallest absolute Gasteiger partial charge is 0.260 e. The summed E-state index contributed by atoms with van der Waals surface area (Å²) in [4.78, 5) is 25.3. The van der Waals surface area contributed by atoms with Gasteiger partial charge in [0.2, 0.25) is 5.91 Å². The summed E-state index contributed by atoms with van der Waals surface area (Å²) in [5.41, 5.74) is 1.95. The minimum absolute atomic E-state index is 0.0146. The Kier molecular flexibility index (Phi) is 6.57. The molecule has 5 heteroatoms. The van der Waals surface area contributed by atoms with Crippen LogP contribution in [-0.2, 0) is 9.59 Å². The Hall–Kier alpha value is -2.82. The van der Waals surface area contributed by atoms with Crippen LogP contribution < -0.4 is 10.1 Å². The summed E-state index contributed by atoms with van der Waals surface area (Å²) in [6.45, 7) is 3.66. The minimum atomic E-state index is -0.248. The van der Waals surface area contributed by atoms with E-state index in [9.17, 15) is 9.59 Å². The molecule has 2 aromatic rings. The molecular formula is C20H24N2O3. The van der Waals surface area contributed by atoms with Crippen LogP contribution in [0.5, 0.6) is 5.75 Å². The molecule has 2 aromatic carbocycles. The standard InChI is InChI=1S/C20H24N2O3/c1-15(2)21-19(23)13-22(3)20(24)14-25-18-12-8-7-11-17(18)16-9-5-4-6-10-16/h4-12,15H,13-14H2,1-3H3,(H,21,23). The maximum absolute atomic E-state index is 12.2. The zero-order chi connectivity index (χ0) is 18.2. The fraction of sp³-hybridized carbons (Fsp3) is 0.300. The van der Waals surface area contributed by atoms with E-state index in [2.05, 4.69) is 5.32 Å². The molecule has 0 aliphatic heterocycles. The molecule has 0 aliphatic rings. The van der Waals surface area contributed by atoms with Gasteiger partial charge in [-0.2, -0.15) is 0 Å².